The number of methoxy groups -OCH3 is 1. The van der Waals surface area contributed by atoms with Gasteiger partial charge in [0, 0.05) is 31.5 Å². The van der Waals surface area contributed by atoms with Crippen LogP contribution in [-0.4, -0.2) is 41.1 Å². The zero-order valence-corrected chi connectivity index (χ0v) is 19.9. The third-order valence-electron chi connectivity index (χ3n) is 5.88. The van der Waals surface area contributed by atoms with Crippen LogP contribution in [0.15, 0.2) is 64.6 Å². The fourth-order valence-electron chi connectivity index (χ4n) is 4.18. The third-order valence-corrected chi connectivity index (χ3v) is 5.88. The highest BCUT2D eigenvalue weighted by Crippen LogP contribution is 2.42. The molecule has 12 heteroatoms. The first kappa shape index (κ1) is 25.7. The highest BCUT2D eigenvalue weighted by Gasteiger charge is 2.40. The van der Waals surface area contributed by atoms with Crippen molar-refractivity contribution >= 4 is 17.6 Å². The molecule has 1 atom stereocenters. The Balaban J connectivity index is 1.91. The number of nitrogens with zero attached hydrogens (tertiary/aromatic N) is 4. The maximum absolute atomic E-state index is 13.5. The van der Waals surface area contributed by atoms with Crippen LogP contribution in [0.4, 0.5) is 24.8 Å². The van der Waals surface area contributed by atoms with Crippen molar-refractivity contribution in [2.24, 2.45) is 0 Å². The monoisotopic (exact) mass is 513 g/mol. The van der Waals surface area contributed by atoms with Crippen LogP contribution < -0.4 is 10.6 Å². The number of carbonyl (C=O) groups excluding carboxylic acids is 1. The first-order valence-corrected chi connectivity index (χ1v) is 11.2. The van der Waals surface area contributed by atoms with Gasteiger partial charge < -0.3 is 9.47 Å². The summed E-state index contributed by atoms with van der Waals surface area (Å²) in [5.74, 6) is -0.759. The summed E-state index contributed by atoms with van der Waals surface area (Å²) in [4.78, 5) is 27.6. The van der Waals surface area contributed by atoms with Gasteiger partial charge in [-0.3, -0.25) is 4.90 Å². The zero-order valence-electron chi connectivity index (χ0n) is 19.9. The molecule has 0 fully saturated rings. The Morgan fingerprint density at radius 1 is 1.19 bits per heavy atom. The van der Waals surface area contributed by atoms with Crippen LogP contribution in [0.3, 0.4) is 0 Å². The minimum atomic E-state index is -4.61. The number of anilines is 2. The van der Waals surface area contributed by atoms with E-state index in [0.717, 1.165) is 12.1 Å². The summed E-state index contributed by atoms with van der Waals surface area (Å²) in [6.45, 7) is 1.93. The van der Waals surface area contributed by atoms with Gasteiger partial charge in [-0.15, -0.1) is 5.10 Å². The van der Waals surface area contributed by atoms with Gasteiger partial charge in [0.1, 0.15) is 6.04 Å². The molecule has 0 bridgehead atoms. The Morgan fingerprint density at radius 2 is 1.92 bits per heavy atom. The number of rotatable bonds is 7. The normalized spacial score (nSPS) is 15.4. The van der Waals surface area contributed by atoms with Crippen molar-refractivity contribution in [1.29, 1.82) is 5.26 Å². The van der Waals surface area contributed by atoms with Crippen molar-refractivity contribution in [1.82, 2.24) is 14.8 Å². The van der Waals surface area contributed by atoms with E-state index in [0.29, 0.717) is 24.2 Å². The average molecular weight is 513 g/mol. The van der Waals surface area contributed by atoms with Gasteiger partial charge in [0.05, 0.1) is 29.4 Å². The Labute approximate surface area is 209 Å². The number of aromatic nitrogens is 3. The fourth-order valence-corrected chi connectivity index (χ4v) is 4.18. The molecule has 1 aliphatic rings. The molecule has 2 heterocycles. The Morgan fingerprint density at radius 3 is 2.57 bits per heavy atom. The standard InChI is InChI=1S/C25H22F3N5O4/c1-15-20(22(34)37-12-4-11-36-2)21(17-9-7-16(14-29)8-10-17)33-23(30-31-24(33)35)32(15)19-6-3-5-18(13-19)25(26,27)28/h3,5-10,13,21H,4,11-12H2,1-2H3,(H,31,35)/t21-/m1/s1. The topological polar surface area (TPSA) is 113 Å². The highest BCUT2D eigenvalue weighted by atomic mass is 19.4. The molecule has 0 saturated carbocycles. The quantitative estimate of drug-likeness (QED) is 0.375. The number of fused-ring (bicyclic) bond motifs is 1. The molecule has 1 N–H and O–H groups in total. The van der Waals surface area contributed by atoms with E-state index in [1.54, 1.807) is 19.1 Å². The summed E-state index contributed by atoms with van der Waals surface area (Å²) in [6, 6.07) is 11.8. The van der Waals surface area contributed by atoms with Crippen molar-refractivity contribution < 1.29 is 27.4 Å². The number of benzene rings is 2. The molecule has 0 saturated heterocycles. The number of halogens is 3. The third kappa shape index (κ3) is 4.99. The molecule has 0 spiro atoms. The van der Waals surface area contributed by atoms with Crippen LogP contribution in [0.1, 0.15) is 36.1 Å². The number of carbonyl (C=O) groups is 1. The minimum absolute atomic E-state index is 0.00730. The number of H-pyrrole nitrogens is 1. The highest BCUT2D eigenvalue weighted by molar-refractivity contribution is 5.93. The Bertz CT molecular complexity index is 1430. The summed E-state index contributed by atoms with van der Waals surface area (Å²) < 4.78 is 52.0. The van der Waals surface area contributed by atoms with Gasteiger partial charge >= 0.3 is 17.8 Å². The lowest BCUT2D eigenvalue weighted by Gasteiger charge is -2.35. The Kier molecular flexibility index (Phi) is 7.17. The van der Waals surface area contributed by atoms with Crippen LogP contribution in [0.5, 0.6) is 0 Å². The summed E-state index contributed by atoms with van der Waals surface area (Å²) in [6.07, 6.45) is -4.19. The summed E-state index contributed by atoms with van der Waals surface area (Å²) in [7, 11) is 1.51. The van der Waals surface area contributed by atoms with Crippen LogP contribution in [0.2, 0.25) is 0 Å². The fraction of sp³-hybridized carbons (Fsp3) is 0.280. The van der Waals surface area contributed by atoms with Crippen molar-refractivity contribution in [3.05, 3.63) is 87.0 Å². The van der Waals surface area contributed by atoms with Gasteiger partial charge in [-0.05, 0) is 42.8 Å². The van der Waals surface area contributed by atoms with Gasteiger partial charge in [-0.2, -0.15) is 18.4 Å². The van der Waals surface area contributed by atoms with Crippen molar-refractivity contribution in [3.8, 4) is 6.07 Å². The predicted octanol–water partition coefficient (Wildman–Crippen LogP) is 4.06. The van der Waals surface area contributed by atoms with Gasteiger partial charge in [0.25, 0.3) is 0 Å². The number of esters is 1. The van der Waals surface area contributed by atoms with E-state index in [2.05, 4.69) is 10.2 Å². The van der Waals surface area contributed by atoms with Crippen molar-refractivity contribution in [2.45, 2.75) is 25.6 Å². The smallest absolute Gasteiger partial charge is 0.416 e. The van der Waals surface area contributed by atoms with Gasteiger partial charge in [-0.1, -0.05) is 18.2 Å². The van der Waals surface area contributed by atoms with Crippen LogP contribution >= 0.6 is 0 Å². The molecule has 0 amide bonds. The number of nitriles is 1. The number of hydrogen-bond acceptors (Lipinski definition) is 7. The van der Waals surface area contributed by atoms with Crippen LogP contribution in [0, 0.1) is 11.3 Å². The molecule has 9 nitrogen and oxygen atoms in total. The molecule has 2 aromatic carbocycles. The molecule has 1 aliphatic heterocycles. The molecular formula is C25H22F3N5O4. The predicted molar refractivity (Wildman–Crippen MR) is 126 cm³/mol. The molecular weight excluding hydrogens is 491 g/mol. The second-order valence-electron chi connectivity index (χ2n) is 8.20. The van der Waals surface area contributed by atoms with Gasteiger partial charge in [0.15, 0.2) is 0 Å². The lowest BCUT2D eigenvalue weighted by Crippen LogP contribution is -2.38. The molecule has 0 aliphatic carbocycles. The molecule has 0 radical (unpaired) electrons. The first-order chi connectivity index (χ1) is 17.7. The van der Waals surface area contributed by atoms with Crippen molar-refractivity contribution in [2.75, 3.05) is 25.2 Å². The number of alkyl halides is 3. The molecule has 1 aromatic heterocycles. The maximum atomic E-state index is 13.5. The lowest BCUT2D eigenvalue weighted by molar-refractivity contribution is -0.140. The van der Waals surface area contributed by atoms with E-state index >= 15 is 0 Å². The zero-order chi connectivity index (χ0) is 26.7. The van der Waals surface area contributed by atoms with E-state index in [-0.39, 0.29) is 29.5 Å². The summed E-state index contributed by atoms with van der Waals surface area (Å²) in [5.41, 5.74) is -0.411. The molecule has 3 aromatic rings. The van der Waals surface area contributed by atoms with E-state index in [9.17, 15) is 28.0 Å². The maximum Gasteiger partial charge on any atom is 0.416 e. The van der Waals surface area contributed by atoms with Crippen LogP contribution in [-0.2, 0) is 20.4 Å². The molecule has 192 valence electrons. The van der Waals surface area contributed by atoms with E-state index < -0.39 is 29.4 Å². The average Bonchev–Trinajstić information content (AvgIpc) is 3.26. The number of allylic oxidation sites excluding steroid dienone is 1. The van der Waals surface area contributed by atoms with E-state index in [1.807, 2.05) is 6.07 Å². The number of ether oxygens (including phenoxy) is 2. The number of hydrogen-bond donors (Lipinski definition) is 1. The molecule has 0 unspecified atom stereocenters. The lowest BCUT2D eigenvalue weighted by atomic mass is 9.93. The molecule has 37 heavy (non-hydrogen) atoms. The van der Waals surface area contributed by atoms with Gasteiger partial charge in [-0.25, -0.2) is 19.3 Å². The number of aromatic amines is 1. The Hall–Kier alpha value is -4.37. The van der Waals surface area contributed by atoms with E-state index in [4.69, 9.17) is 9.47 Å². The summed E-state index contributed by atoms with van der Waals surface area (Å²) in [5, 5.41) is 15.6. The SMILES string of the molecule is COCCCOC(=O)C1=C(C)N(c2cccc(C(F)(F)F)c2)c2n[nH]c(=O)n2[C@@H]1c1ccc(C#N)cc1. The minimum Gasteiger partial charge on any atom is -0.462 e. The van der Waals surface area contributed by atoms with E-state index in [1.165, 1.54) is 40.8 Å². The second-order valence-corrected chi connectivity index (χ2v) is 8.20. The largest absolute Gasteiger partial charge is 0.462 e. The van der Waals surface area contributed by atoms with Crippen molar-refractivity contribution in [3.63, 3.8) is 0 Å². The molecule has 4 rings (SSSR count). The first-order valence-electron chi connectivity index (χ1n) is 11.2. The second kappa shape index (κ2) is 10.3. The van der Waals surface area contributed by atoms with Gasteiger partial charge in [0.2, 0.25) is 5.95 Å². The summed E-state index contributed by atoms with van der Waals surface area (Å²) >= 11 is 0. The number of nitrogens with one attached hydrogen (secondary N) is 1. The van der Waals surface area contributed by atoms with Crippen LogP contribution in [0.25, 0.3) is 0 Å².